The van der Waals surface area contributed by atoms with Crippen molar-refractivity contribution in [3.63, 3.8) is 0 Å². The molecule has 0 aliphatic heterocycles. The molecule has 0 rings (SSSR count). The van der Waals surface area contributed by atoms with Gasteiger partial charge in [0.25, 0.3) is 0 Å². The van der Waals surface area contributed by atoms with E-state index >= 15 is 0 Å². The lowest BCUT2D eigenvalue weighted by atomic mass is 10.3. The molecule has 0 aliphatic rings. The van der Waals surface area contributed by atoms with E-state index < -0.39 is 0 Å². The lowest BCUT2D eigenvalue weighted by Crippen LogP contribution is -2.43. The Morgan fingerprint density at radius 3 is 2.85 bits per heavy atom. The van der Waals surface area contributed by atoms with Gasteiger partial charge in [0.1, 0.15) is 0 Å². The van der Waals surface area contributed by atoms with Crippen LogP contribution in [-0.4, -0.2) is 29.2 Å². The predicted molar refractivity (Wildman–Crippen MR) is 56.1 cm³/mol. The number of guanidine groups is 1. The quantitative estimate of drug-likeness (QED) is 0.220. The van der Waals surface area contributed by atoms with Crippen molar-refractivity contribution in [3.05, 3.63) is 0 Å². The van der Waals surface area contributed by atoms with E-state index in [1.165, 1.54) is 0 Å². The Hall–Kier alpha value is -1.33. The van der Waals surface area contributed by atoms with Gasteiger partial charge in [0, 0.05) is 12.3 Å². The van der Waals surface area contributed by atoms with Crippen molar-refractivity contribution >= 4 is 18.6 Å². The molecule has 2 N–H and O–H groups in total. The van der Waals surface area contributed by atoms with E-state index in [2.05, 4.69) is 23.5 Å². The van der Waals surface area contributed by atoms with Crippen molar-refractivity contribution in [2.45, 2.75) is 13.0 Å². The number of aliphatic imine (C=N–C) groups is 1. The van der Waals surface area contributed by atoms with Crippen LogP contribution in [0.1, 0.15) is 6.92 Å². The minimum absolute atomic E-state index is 0.141. The SMILES string of the molecule is C#CC(C)N(CCS)C(N)=NC#N. The highest BCUT2D eigenvalue weighted by molar-refractivity contribution is 7.80. The Morgan fingerprint density at radius 1 is 1.85 bits per heavy atom. The van der Waals surface area contributed by atoms with E-state index in [1.54, 1.807) is 11.1 Å². The lowest BCUT2D eigenvalue weighted by molar-refractivity contribution is 0.405. The Kier molecular flexibility index (Phi) is 5.58. The second kappa shape index (κ2) is 6.22. The van der Waals surface area contributed by atoms with Gasteiger partial charge in [-0.15, -0.1) is 11.4 Å². The van der Waals surface area contributed by atoms with Crippen LogP contribution in [0, 0.1) is 23.8 Å². The third kappa shape index (κ3) is 3.73. The van der Waals surface area contributed by atoms with Crippen LogP contribution < -0.4 is 5.73 Å². The number of terminal acetylenes is 1. The van der Waals surface area contributed by atoms with Gasteiger partial charge in [0.05, 0.1) is 6.04 Å². The summed E-state index contributed by atoms with van der Waals surface area (Å²) in [5, 5.41) is 8.29. The summed E-state index contributed by atoms with van der Waals surface area (Å²) in [7, 11) is 0. The van der Waals surface area contributed by atoms with Crippen LogP contribution in [0.4, 0.5) is 0 Å². The molecule has 0 aliphatic carbocycles. The van der Waals surface area contributed by atoms with Gasteiger partial charge in [0.15, 0.2) is 0 Å². The standard InChI is InChI=1S/C8H12N4S/c1-3-7(2)12(4-5-13)8(10)11-6-9/h1,7,13H,4-5H2,2H3,(H2,10,11). The molecule has 70 valence electrons. The highest BCUT2D eigenvalue weighted by Crippen LogP contribution is 1.97. The van der Waals surface area contributed by atoms with E-state index in [0.29, 0.717) is 12.3 Å². The van der Waals surface area contributed by atoms with Gasteiger partial charge in [0.2, 0.25) is 12.2 Å². The summed E-state index contributed by atoms with van der Waals surface area (Å²) >= 11 is 4.05. The highest BCUT2D eigenvalue weighted by atomic mass is 32.1. The summed E-state index contributed by atoms with van der Waals surface area (Å²) in [6.45, 7) is 2.38. The number of hydrogen-bond acceptors (Lipinski definition) is 3. The average Bonchev–Trinajstić information content (AvgIpc) is 2.13. The Labute approximate surface area is 83.8 Å². The summed E-state index contributed by atoms with van der Waals surface area (Å²) < 4.78 is 0. The van der Waals surface area contributed by atoms with Gasteiger partial charge in [-0.3, -0.25) is 0 Å². The largest absolute Gasteiger partial charge is 0.369 e. The summed E-state index contributed by atoms with van der Waals surface area (Å²) in [6, 6.07) is -0.177. The fourth-order valence-electron chi connectivity index (χ4n) is 0.820. The lowest BCUT2D eigenvalue weighted by Gasteiger charge is -2.25. The third-order valence-electron chi connectivity index (χ3n) is 1.51. The molecule has 0 aromatic heterocycles. The summed E-state index contributed by atoms with van der Waals surface area (Å²) in [5.74, 6) is 3.26. The first-order chi connectivity index (χ1) is 6.17. The molecule has 0 saturated carbocycles. The van der Waals surface area contributed by atoms with Crippen molar-refractivity contribution in [1.82, 2.24) is 4.90 Å². The predicted octanol–water partition coefficient (Wildman–Crippen LogP) is 0.0357. The number of rotatable bonds is 3. The smallest absolute Gasteiger partial charge is 0.209 e. The number of thiol groups is 1. The topological polar surface area (TPSA) is 65.4 Å². The van der Waals surface area contributed by atoms with Gasteiger partial charge in [-0.1, -0.05) is 5.92 Å². The molecule has 0 aromatic carbocycles. The minimum atomic E-state index is -0.177. The van der Waals surface area contributed by atoms with Crippen LogP contribution in [0.15, 0.2) is 4.99 Å². The average molecular weight is 196 g/mol. The van der Waals surface area contributed by atoms with E-state index in [1.807, 2.05) is 6.92 Å². The molecule has 0 bridgehead atoms. The fourth-order valence-corrected chi connectivity index (χ4v) is 1.04. The molecule has 1 atom stereocenters. The summed E-state index contributed by atoms with van der Waals surface area (Å²) in [4.78, 5) is 5.06. The van der Waals surface area contributed by atoms with Crippen molar-refractivity contribution in [3.8, 4) is 18.5 Å². The van der Waals surface area contributed by atoms with Crippen molar-refractivity contribution in [2.24, 2.45) is 10.7 Å². The van der Waals surface area contributed by atoms with Crippen molar-refractivity contribution in [1.29, 1.82) is 5.26 Å². The number of hydrogen-bond donors (Lipinski definition) is 2. The third-order valence-corrected chi connectivity index (χ3v) is 1.71. The summed E-state index contributed by atoms with van der Waals surface area (Å²) in [6.07, 6.45) is 6.84. The molecule has 0 aromatic rings. The van der Waals surface area contributed by atoms with Crippen LogP contribution in [0.3, 0.4) is 0 Å². The molecule has 0 fully saturated rings. The first kappa shape index (κ1) is 11.7. The van der Waals surface area contributed by atoms with Gasteiger partial charge in [-0.2, -0.15) is 17.9 Å². The van der Waals surface area contributed by atoms with Crippen LogP contribution in [0.2, 0.25) is 0 Å². The first-order valence-electron chi connectivity index (χ1n) is 3.73. The second-order valence-electron chi connectivity index (χ2n) is 2.33. The normalized spacial score (nSPS) is 12.8. The number of nitriles is 1. The summed E-state index contributed by atoms with van der Waals surface area (Å²) in [5.41, 5.74) is 5.51. The van der Waals surface area contributed by atoms with E-state index in [9.17, 15) is 0 Å². The molecule has 1 unspecified atom stereocenters. The minimum Gasteiger partial charge on any atom is -0.369 e. The fraction of sp³-hybridized carbons (Fsp3) is 0.500. The Bertz CT molecular complexity index is 260. The van der Waals surface area contributed by atoms with Crippen LogP contribution in [-0.2, 0) is 0 Å². The molecule has 0 spiro atoms. The van der Waals surface area contributed by atoms with Crippen molar-refractivity contribution in [2.75, 3.05) is 12.3 Å². The molecule has 0 radical (unpaired) electrons. The van der Waals surface area contributed by atoms with Crippen molar-refractivity contribution < 1.29 is 0 Å². The van der Waals surface area contributed by atoms with Crippen LogP contribution >= 0.6 is 12.6 Å². The van der Waals surface area contributed by atoms with E-state index in [4.69, 9.17) is 17.4 Å². The van der Waals surface area contributed by atoms with E-state index in [-0.39, 0.29) is 12.0 Å². The van der Waals surface area contributed by atoms with E-state index in [0.717, 1.165) is 0 Å². The Morgan fingerprint density at radius 2 is 2.46 bits per heavy atom. The monoisotopic (exact) mass is 196 g/mol. The first-order valence-corrected chi connectivity index (χ1v) is 4.36. The molecule has 5 heteroatoms. The van der Waals surface area contributed by atoms with Gasteiger partial charge in [-0.25, -0.2) is 0 Å². The van der Waals surface area contributed by atoms with Gasteiger partial charge < -0.3 is 10.6 Å². The second-order valence-corrected chi connectivity index (χ2v) is 2.78. The molecule has 4 nitrogen and oxygen atoms in total. The zero-order chi connectivity index (χ0) is 10.3. The molecule has 0 amide bonds. The maximum absolute atomic E-state index is 8.29. The van der Waals surface area contributed by atoms with Crippen LogP contribution in [0.5, 0.6) is 0 Å². The number of nitrogens with zero attached hydrogens (tertiary/aromatic N) is 3. The maximum Gasteiger partial charge on any atom is 0.209 e. The highest BCUT2D eigenvalue weighted by Gasteiger charge is 2.12. The maximum atomic E-state index is 8.29. The van der Waals surface area contributed by atoms with Gasteiger partial charge in [-0.05, 0) is 6.92 Å². The van der Waals surface area contributed by atoms with Gasteiger partial charge >= 0.3 is 0 Å². The zero-order valence-corrected chi connectivity index (χ0v) is 8.33. The Balaban J connectivity index is 4.54. The van der Waals surface area contributed by atoms with Crippen LogP contribution in [0.25, 0.3) is 0 Å². The zero-order valence-electron chi connectivity index (χ0n) is 7.44. The molecular weight excluding hydrogens is 184 g/mol. The number of nitrogens with two attached hydrogens (primary N) is 1. The molecule has 0 saturated heterocycles. The molecule has 13 heavy (non-hydrogen) atoms. The molecular formula is C8H12N4S. The molecule has 0 heterocycles.